The minimum atomic E-state index is -0.391. The van der Waals surface area contributed by atoms with Crippen LogP contribution in [0.1, 0.15) is 15.9 Å². The lowest BCUT2D eigenvalue weighted by atomic mass is 10.1. The number of esters is 1. The topological polar surface area (TPSA) is 59.1 Å². The SMILES string of the molecule is COC(=O)c1cccc(CN(C(=O)N2CCOCC2)c2ccccc2)c1. The number of methoxy groups -OCH3 is 1. The van der Waals surface area contributed by atoms with Crippen LogP contribution in [-0.2, 0) is 16.0 Å². The zero-order valence-electron chi connectivity index (χ0n) is 14.8. The van der Waals surface area contributed by atoms with Crippen molar-refractivity contribution >= 4 is 17.7 Å². The normalized spacial score (nSPS) is 14.0. The predicted molar refractivity (Wildman–Crippen MR) is 98.2 cm³/mol. The second-order valence-electron chi connectivity index (χ2n) is 6.00. The Labute approximate surface area is 152 Å². The van der Waals surface area contributed by atoms with Gasteiger partial charge in [-0.25, -0.2) is 9.59 Å². The summed E-state index contributed by atoms with van der Waals surface area (Å²) in [5.74, 6) is -0.391. The molecule has 3 rings (SSSR count). The molecule has 136 valence electrons. The highest BCUT2D eigenvalue weighted by Crippen LogP contribution is 2.20. The number of anilines is 1. The maximum Gasteiger partial charge on any atom is 0.337 e. The fraction of sp³-hybridized carbons (Fsp3) is 0.300. The van der Waals surface area contributed by atoms with Gasteiger partial charge in [-0.05, 0) is 29.8 Å². The van der Waals surface area contributed by atoms with Crippen molar-refractivity contribution < 1.29 is 19.1 Å². The van der Waals surface area contributed by atoms with E-state index < -0.39 is 5.97 Å². The summed E-state index contributed by atoms with van der Waals surface area (Å²) in [5.41, 5.74) is 2.14. The van der Waals surface area contributed by atoms with E-state index in [0.29, 0.717) is 38.4 Å². The number of hydrogen-bond acceptors (Lipinski definition) is 4. The minimum Gasteiger partial charge on any atom is -0.465 e. The molecule has 0 spiro atoms. The third-order valence-electron chi connectivity index (χ3n) is 4.27. The van der Waals surface area contributed by atoms with Crippen LogP contribution in [0, 0.1) is 0 Å². The van der Waals surface area contributed by atoms with Gasteiger partial charge in [-0.3, -0.25) is 4.90 Å². The van der Waals surface area contributed by atoms with E-state index in [1.54, 1.807) is 28.0 Å². The van der Waals surface area contributed by atoms with Gasteiger partial charge in [0, 0.05) is 18.8 Å². The minimum absolute atomic E-state index is 0.0667. The third kappa shape index (κ3) is 4.21. The van der Waals surface area contributed by atoms with E-state index in [1.165, 1.54) is 7.11 Å². The molecular weight excluding hydrogens is 332 g/mol. The molecule has 1 aliphatic rings. The quantitative estimate of drug-likeness (QED) is 0.792. The van der Waals surface area contributed by atoms with Crippen molar-refractivity contribution in [1.29, 1.82) is 0 Å². The van der Waals surface area contributed by atoms with E-state index in [1.807, 2.05) is 36.4 Å². The first-order valence-electron chi connectivity index (χ1n) is 8.55. The number of rotatable bonds is 4. The van der Waals surface area contributed by atoms with Gasteiger partial charge in [-0.2, -0.15) is 0 Å². The van der Waals surface area contributed by atoms with E-state index in [0.717, 1.165) is 11.3 Å². The van der Waals surface area contributed by atoms with Gasteiger partial charge in [0.25, 0.3) is 0 Å². The monoisotopic (exact) mass is 354 g/mol. The number of para-hydroxylation sites is 1. The number of ether oxygens (including phenoxy) is 2. The summed E-state index contributed by atoms with van der Waals surface area (Å²) in [6.45, 7) is 2.61. The maximum absolute atomic E-state index is 13.1. The summed E-state index contributed by atoms with van der Waals surface area (Å²) in [5, 5.41) is 0. The van der Waals surface area contributed by atoms with Crippen LogP contribution >= 0.6 is 0 Å². The number of urea groups is 1. The van der Waals surface area contributed by atoms with Gasteiger partial charge < -0.3 is 14.4 Å². The molecule has 0 bridgehead atoms. The summed E-state index contributed by atoms with van der Waals surface area (Å²) in [4.78, 5) is 28.4. The molecule has 2 aromatic rings. The predicted octanol–water partition coefficient (Wildman–Crippen LogP) is 2.93. The standard InChI is InChI=1S/C20H22N2O4/c1-25-19(23)17-7-5-6-16(14-17)15-22(18-8-3-2-4-9-18)20(24)21-10-12-26-13-11-21/h2-9,14H,10-13,15H2,1H3. The van der Waals surface area contributed by atoms with Gasteiger partial charge in [-0.15, -0.1) is 0 Å². The maximum atomic E-state index is 13.1. The molecular formula is C20H22N2O4. The van der Waals surface area contributed by atoms with Gasteiger partial charge in [0.1, 0.15) is 0 Å². The Morgan fingerprint density at radius 1 is 1.08 bits per heavy atom. The second-order valence-corrected chi connectivity index (χ2v) is 6.00. The highest BCUT2D eigenvalue weighted by atomic mass is 16.5. The molecule has 0 radical (unpaired) electrons. The zero-order valence-corrected chi connectivity index (χ0v) is 14.8. The molecule has 0 aromatic heterocycles. The number of carbonyl (C=O) groups is 2. The van der Waals surface area contributed by atoms with Crippen LogP contribution in [0.3, 0.4) is 0 Å². The second kappa shape index (κ2) is 8.49. The van der Waals surface area contributed by atoms with Gasteiger partial charge in [0.05, 0.1) is 32.4 Å². The van der Waals surface area contributed by atoms with Crippen LogP contribution < -0.4 is 4.90 Å². The van der Waals surface area contributed by atoms with Crippen molar-refractivity contribution in [2.75, 3.05) is 38.3 Å². The zero-order chi connectivity index (χ0) is 18.4. The van der Waals surface area contributed by atoms with Gasteiger partial charge in [0.15, 0.2) is 0 Å². The Morgan fingerprint density at radius 2 is 1.81 bits per heavy atom. The number of benzene rings is 2. The summed E-state index contributed by atoms with van der Waals surface area (Å²) in [6.07, 6.45) is 0. The first-order valence-corrected chi connectivity index (χ1v) is 8.55. The Morgan fingerprint density at radius 3 is 2.50 bits per heavy atom. The summed E-state index contributed by atoms with van der Waals surface area (Å²) in [7, 11) is 1.35. The molecule has 0 aliphatic carbocycles. The molecule has 1 saturated heterocycles. The fourth-order valence-electron chi connectivity index (χ4n) is 2.90. The van der Waals surface area contributed by atoms with Gasteiger partial charge in [0.2, 0.25) is 0 Å². The molecule has 0 atom stereocenters. The van der Waals surface area contributed by atoms with E-state index in [4.69, 9.17) is 9.47 Å². The summed E-state index contributed by atoms with van der Waals surface area (Å²) >= 11 is 0. The van der Waals surface area contributed by atoms with Crippen LogP contribution in [-0.4, -0.2) is 50.3 Å². The van der Waals surface area contributed by atoms with Crippen molar-refractivity contribution in [3.63, 3.8) is 0 Å². The lowest BCUT2D eigenvalue weighted by molar-refractivity contribution is 0.0548. The van der Waals surface area contributed by atoms with E-state index in [9.17, 15) is 9.59 Å². The molecule has 0 unspecified atom stereocenters. The largest absolute Gasteiger partial charge is 0.465 e. The van der Waals surface area contributed by atoms with Gasteiger partial charge >= 0.3 is 12.0 Å². The van der Waals surface area contributed by atoms with Crippen molar-refractivity contribution in [3.05, 3.63) is 65.7 Å². The first-order chi connectivity index (χ1) is 12.7. The smallest absolute Gasteiger partial charge is 0.337 e. The number of nitrogens with zero attached hydrogens (tertiary/aromatic N) is 2. The van der Waals surface area contributed by atoms with E-state index in [-0.39, 0.29) is 6.03 Å². The number of amides is 2. The molecule has 6 nitrogen and oxygen atoms in total. The van der Waals surface area contributed by atoms with Crippen molar-refractivity contribution in [2.45, 2.75) is 6.54 Å². The molecule has 1 heterocycles. The van der Waals surface area contributed by atoms with Crippen molar-refractivity contribution in [1.82, 2.24) is 4.90 Å². The first kappa shape index (κ1) is 17.9. The Bertz CT molecular complexity index is 757. The van der Waals surface area contributed by atoms with Gasteiger partial charge in [-0.1, -0.05) is 30.3 Å². The number of morpholine rings is 1. The fourth-order valence-corrected chi connectivity index (χ4v) is 2.90. The number of carbonyl (C=O) groups excluding carboxylic acids is 2. The molecule has 1 aliphatic heterocycles. The molecule has 26 heavy (non-hydrogen) atoms. The highest BCUT2D eigenvalue weighted by Gasteiger charge is 2.24. The third-order valence-corrected chi connectivity index (χ3v) is 4.27. The van der Waals surface area contributed by atoms with Crippen LogP contribution in [0.5, 0.6) is 0 Å². The van der Waals surface area contributed by atoms with Crippen molar-refractivity contribution in [2.24, 2.45) is 0 Å². The summed E-state index contributed by atoms with van der Waals surface area (Å²) in [6, 6.07) is 16.6. The Kier molecular flexibility index (Phi) is 5.86. The molecule has 0 N–H and O–H groups in total. The average Bonchev–Trinajstić information content (AvgIpc) is 2.72. The molecule has 1 fully saturated rings. The van der Waals surface area contributed by atoms with Crippen LogP contribution in [0.4, 0.5) is 10.5 Å². The average molecular weight is 354 g/mol. The molecule has 2 amide bonds. The van der Waals surface area contributed by atoms with Crippen molar-refractivity contribution in [3.8, 4) is 0 Å². The number of hydrogen-bond donors (Lipinski definition) is 0. The highest BCUT2D eigenvalue weighted by molar-refractivity contribution is 5.92. The lowest BCUT2D eigenvalue weighted by Gasteiger charge is -2.33. The molecule has 6 heteroatoms. The molecule has 0 saturated carbocycles. The Balaban J connectivity index is 1.86. The van der Waals surface area contributed by atoms with Crippen LogP contribution in [0.25, 0.3) is 0 Å². The van der Waals surface area contributed by atoms with Crippen LogP contribution in [0.2, 0.25) is 0 Å². The Hall–Kier alpha value is -2.86. The molecule has 2 aromatic carbocycles. The summed E-state index contributed by atoms with van der Waals surface area (Å²) < 4.78 is 10.1. The van der Waals surface area contributed by atoms with Crippen LogP contribution in [0.15, 0.2) is 54.6 Å². The van der Waals surface area contributed by atoms with E-state index >= 15 is 0 Å². The van der Waals surface area contributed by atoms with E-state index in [2.05, 4.69) is 0 Å². The lowest BCUT2D eigenvalue weighted by Crippen LogP contribution is -2.48.